The van der Waals surface area contributed by atoms with E-state index in [1.165, 1.54) is 4.57 Å². The Bertz CT molecular complexity index is 319. The van der Waals surface area contributed by atoms with Crippen LogP contribution in [0.15, 0.2) is 17.1 Å². The zero-order valence-corrected chi connectivity index (χ0v) is 6.93. The average molecular weight is 173 g/mol. The number of aromatic nitrogens is 1. The van der Waals surface area contributed by atoms with Gasteiger partial charge in [0.05, 0.1) is 5.02 Å². The number of nitrogens with zero attached hydrogens (tertiary/aromatic N) is 1. The van der Waals surface area contributed by atoms with Gasteiger partial charge in [0.2, 0.25) is 0 Å². The molecule has 0 aliphatic rings. The SMILES string of the molecule is Cn1cc(Cl)cc(CN)c1=O. The predicted octanol–water partition coefficient (Wildman–Crippen LogP) is 0.497. The third-order valence-electron chi connectivity index (χ3n) is 1.44. The van der Waals surface area contributed by atoms with Crippen molar-refractivity contribution in [1.29, 1.82) is 0 Å². The van der Waals surface area contributed by atoms with Crippen molar-refractivity contribution in [3.05, 3.63) is 33.2 Å². The summed E-state index contributed by atoms with van der Waals surface area (Å²) in [6.07, 6.45) is 1.56. The third-order valence-corrected chi connectivity index (χ3v) is 1.65. The molecule has 0 unspecified atom stereocenters. The Hall–Kier alpha value is -0.800. The van der Waals surface area contributed by atoms with Crippen LogP contribution in [0.2, 0.25) is 5.02 Å². The fourth-order valence-electron chi connectivity index (χ4n) is 0.882. The molecule has 0 radical (unpaired) electrons. The highest BCUT2D eigenvalue weighted by molar-refractivity contribution is 6.30. The van der Waals surface area contributed by atoms with E-state index in [0.717, 1.165) is 0 Å². The van der Waals surface area contributed by atoms with Gasteiger partial charge in [0, 0.05) is 25.4 Å². The van der Waals surface area contributed by atoms with E-state index in [-0.39, 0.29) is 12.1 Å². The summed E-state index contributed by atoms with van der Waals surface area (Å²) < 4.78 is 1.42. The molecule has 2 N–H and O–H groups in total. The highest BCUT2D eigenvalue weighted by Crippen LogP contribution is 2.05. The molecule has 1 heterocycles. The second kappa shape index (κ2) is 3.07. The van der Waals surface area contributed by atoms with E-state index in [0.29, 0.717) is 10.6 Å². The lowest BCUT2D eigenvalue weighted by Gasteiger charge is -2.00. The molecule has 11 heavy (non-hydrogen) atoms. The molecule has 60 valence electrons. The van der Waals surface area contributed by atoms with Gasteiger partial charge < -0.3 is 10.3 Å². The highest BCUT2D eigenvalue weighted by Gasteiger charge is 1.99. The third kappa shape index (κ3) is 1.61. The highest BCUT2D eigenvalue weighted by atomic mass is 35.5. The maximum absolute atomic E-state index is 11.2. The van der Waals surface area contributed by atoms with Crippen LogP contribution >= 0.6 is 11.6 Å². The van der Waals surface area contributed by atoms with Crippen molar-refractivity contribution in [2.75, 3.05) is 0 Å². The lowest BCUT2D eigenvalue weighted by Crippen LogP contribution is -2.22. The van der Waals surface area contributed by atoms with Gasteiger partial charge in [0.1, 0.15) is 0 Å². The Balaban J connectivity index is 3.37. The van der Waals surface area contributed by atoms with Gasteiger partial charge in [0.15, 0.2) is 0 Å². The number of hydrogen-bond donors (Lipinski definition) is 1. The molecule has 0 aliphatic carbocycles. The first-order chi connectivity index (χ1) is 5.15. The Labute approximate surface area is 69.4 Å². The molecular formula is C7H9ClN2O. The minimum absolute atomic E-state index is 0.0862. The quantitative estimate of drug-likeness (QED) is 0.671. The fraction of sp³-hybridized carbons (Fsp3) is 0.286. The molecule has 3 nitrogen and oxygen atoms in total. The van der Waals surface area contributed by atoms with Crippen LogP contribution in [0.25, 0.3) is 0 Å². The number of nitrogens with two attached hydrogens (primary N) is 1. The van der Waals surface area contributed by atoms with E-state index in [9.17, 15) is 4.79 Å². The maximum Gasteiger partial charge on any atom is 0.254 e. The van der Waals surface area contributed by atoms with Crippen LogP contribution in [0, 0.1) is 0 Å². The molecule has 0 saturated heterocycles. The van der Waals surface area contributed by atoms with Crippen molar-refractivity contribution >= 4 is 11.6 Å². The van der Waals surface area contributed by atoms with Gasteiger partial charge in [-0.25, -0.2) is 0 Å². The monoisotopic (exact) mass is 172 g/mol. The first-order valence-corrected chi connectivity index (χ1v) is 3.58. The lowest BCUT2D eigenvalue weighted by atomic mass is 10.3. The van der Waals surface area contributed by atoms with Gasteiger partial charge in [-0.1, -0.05) is 11.6 Å². The van der Waals surface area contributed by atoms with E-state index >= 15 is 0 Å². The van der Waals surface area contributed by atoms with E-state index in [1.807, 2.05) is 0 Å². The van der Waals surface area contributed by atoms with Gasteiger partial charge >= 0.3 is 0 Å². The summed E-state index contributed by atoms with van der Waals surface area (Å²) >= 11 is 5.69. The van der Waals surface area contributed by atoms with E-state index in [2.05, 4.69) is 0 Å². The van der Waals surface area contributed by atoms with Crippen LogP contribution in [0.5, 0.6) is 0 Å². The summed E-state index contributed by atoms with van der Waals surface area (Å²) in [5.74, 6) is 0. The van der Waals surface area contributed by atoms with Crippen LogP contribution < -0.4 is 11.3 Å². The van der Waals surface area contributed by atoms with Crippen LogP contribution in [0.4, 0.5) is 0 Å². The lowest BCUT2D eigenvalue weighted by molar-refractivity contribution is 0.830. The maximum atomic E-state index is 11.2. The second-order valence-corrected chi connectivity index (χ2v) is 2.74. The Morgan fingerprint density at radius 1 is 1.73 bits per heavy atom. The number of halogens is 1. The molecule has 0 spiro atoms. The number of aryl methyl sites for hydroxylation is 1. The number of hydrogen-bond acceptors (Lipinski definition) is 2. The molecule has 0 amide bonds. The molecule has 4 heteroatoms. The Morgan fingerprint density at radius 2 is 2.36 bits per heavy atom. The zero-order valence-electron chi connectivity index (χ0n) is 6.17. The molecule has 1 aromatic heterocycles. The van der Waals surface area contributed by atoms with Crippen LogP contribution in [-0.4, -0.2) is 4.57 Å². The summed E-state index contributed by atoms with van der Waals surface area (Å²) in [6, 6.07) is 1.59. The molecule has 0 atom stereocenters. The minimum atomic E-state index is -0.0862. The zero-order chi connectivity index (χ0) is 8.43. The van der Waals surface area contributed by atoms with Crippen molar-refractivity contribution in [2.45, 2.75) is 6.54 Å². The summed E-state index contributed by atoms with van der Waals surface area (Å²) in [4.78, 5) is 11.2. The largest absolute Gasteiger partial charge is 0.326 e. The Kier molecular flexibility index (Phi) is 2.31. The normalized spacial score (nSPS) is 10.1. The van der Waals surface area contributed by atoms with Gasteiger partial charge in [-0.2, -0.15) is 0 Å². The molecule has 0 aliphatic heterocycles. The summed E-state index contributed by atoms with van der Waals surface area (Å²) in [5, 5.41) is 0.535. The molecular weight excluding hydrogens is 164 g/mol. The van der Waals surface area contributed by atoms with Gasteiger partial charge in [-0.3, -0.25) is 4.79 Å². The van der Waals surface area contributed by atoms with Crippen molar-refractivity contribution in [1.82, 2.24) is 4.57 Å². The summed E-state index contributed by atoms with van der Waals surface area (Å²) in [7, 11) is 1.65. The van der Waals surface area contributed by atoms with Crippen LogP contribution in [0.3, 0.4) is 0 Å². The number of rotatable bonds is 1. The summed E-state index contributed by atoms with van der Waals surface area (Å²) in [6.45, 7) is 0.229. The van der Waals surface area contributed by atoms with Crippen molar-refractivity contribution in [2.24, 2.45) is 12.8 Å². The topological polar surface area (TPSA) is 48.0 Å². The first-order valence-electron chi connectivity index (χ1n) is 3.20. The van der Waals surface area contributed by atoms with E-state index in [4.69, 9.17) is 17.3 Å². The van der Waals surface area contributed by atoms with E-state index in [1.54, 1.807) is 19.3 Å². The second-order valence-electron chi connectivity index (χ2n) is 2.30. The molecule has 0 bridgehead atoms. The van der Waals surface area contributed by atoms with Crippen molar-refractivity contribution in [3.63, 3.8) is 0 Å². The minimum Gasteiger partial charge on any atom is -0.326 e. The standard InChI is InChI=1S/C7H9ClN2O/c1-10-4-6(8)2-5(3-9)7(10)11/h2,4H,3,9H2,1H3. The van der Waals surface area contributed by atoms with Crippen molar-refractivity contribution in [3.8, 4) is 0 Å². The fourth-order valence-corrected chi connectivity index (χ4v) is 1.16. The smallest absolute Gasteiger partial charge is 0.254 e. The molecule has 1 rings (SSSR count). The predicted molar refractivity (Wildman–Crippen MR) is 44.6 cm³/mol. The average Bonchev–Trinajstić information content (AvgIpc) is 1.96. The summed E-state index contributed by atoms with van der Waals surface area (Å²) in [5.41, 5.74) is 5.77. The van der Waals surface area contributed by atoms with Gasteiger partial charge in [-0.05, 0) is 6.07 Å². The number of pyridine rings is 1. The first kappa shape index (κ1) is 8.30. The van der Waals surface area contributed by atoms with Crippen LogP contribution in [-0.2, 0) is 13.6 Å². The van der Waals surface area contributed by atoms with Crippen molar-refractivity contribution < 1.29 is 0 Å². The molecule has 0 fully saturated rings. The molecule has 1 aromatic rings. The Morgan fingerprint density at radius 3 is 2.91 bits per heavy atom. The molecule has 0 saturated carbocycles. The van der Waals surface area contributed by atoms with Gasteiger partial charge in [0.25, 0.3) is 5.56 Å². The molecule has 0 aromatic carbocycles. The van der Waals surface area contributed by atoms with Gasteiger partial charge in [-0.15, -0.1) is 0 Å². The van der Waals surface area contributed by atoms with E-state index < -0.39 is 0 Å². The van der Waals surface area contributed by atoms with Crippen LogP contribution in [0.1, 0.15) is 5.56 Å².